The fourth-order valence-corrected chi connectivity index (χ4v) is 1.35. The molecule has 0 amide bonds. The Morgan fingerprint density at radius 3 is 2.07 bits per heavy atom. The van der Waals surface area contributed by atoms with Crippen LogP contribution in [0.15, 0.2) is 0 Å². The zero-order chi connectivity index (χ0) is 10.9. The topological polar surface area (TPSA) is 127 Å². The van der Waals surface area contributed by atoms with E-state index in [4.69, 9.17) is 10.2 Å². The second-order valence-electron chi connectivity index (χ2n) is 3.05. The molecule has 8 heteroatoms. The van der Waals surface area contributed by atoms with Crippen LogP contribution in [-0.2, 0) is 14.4 Å². The average molecular weight is 205 g/mol. The summed E-state index contributed by atoms with van der Waals surface area (Å²) in [4.78, 5) is 35.0. The molecule has 0 aromatic heterocycles. The molecular formula is C6H7NO7. The molecule has 0 radical (unpaired) electrons. The summed E-state index contributed by atoms with van der Waals surface area (Å²) >= 11 is 0. The number of hydrogen-bond donors (Lipinski definition) is 2. The predicted molar refractivity (Wildman–Crippen MR) is 38.8 cm³/mol. The van der Waals surface area contributed by atoms with Gasteiger partial charge in [-0.2, -0.15) is 0 Å². The zero-order valence-electron chi connectivity index (χ0n) is 6.87. The summed E-state index contributed by atoms with van der Waals surface area (Å²) in [6.07, 6.45) is -1.69. The van der Waals surface area contributed by atoms with Crippen LogP contribution >= 0.6 is 0 Å². The third kappa shape index (κ3) is 1.45. The Morgan fingerprint density at radius 1 is 1.36 bits per heavy atom. The Labute approximate surface area is 77.2 Å². The molecule has 0 heterocycles. The van der Waals surface area contributed by atoms with E-state index in [2.05, 4.69) is 4.84 Å². The molecule has 1 fully saturated rings. The van der Waals surface area contributed by atoms with Crippen LogP contribution in [-0.4, -0.2) is 33.3 Å². The fraction of sp³-hybridized carbons (Fsp3) is 0.667. The molecule has 14 heavy (non-hydrogen) atoms. The van der Waals surface area contributed by atoms with Crippen molar-refractivity contribution in [2.45, 2.75) is 18.9 Å². The Kier molecular flexibility index (Phi) is 2.28. The van der Waals surface area contributed by atoms with Crippen LogP contribution in [0.5, 0.6) is 0 Å². The van der Waals surface area contributed by atoms with Crippen molar-refractivity contribution in [1.29, 1.82) is 0 Å². The van der Waals surface area contributed by atoms with Gasteiger partial charge in [0.2, 0.25) is 0 Å². The van der Waals surface area contributed by atoms with Crippen molar-refractivity contribution in [3.05, 3.63) is 10.1 Å². The van der Waals surface area contributed by atoms with Gasteiger partial charge in [0, 0.05) is 12.8 Å². The van der Waals surface area contributed by atoms with Crippen LogP contribution in [0.2, 0.25) is 0 Å². The van der Waals surface area contributed by atoms with E-state index in [1.54, 1.807) is 0 Å². The van der Waals surface area contributed by atoms with E-state index in [0.29, 0.717) is 0 Å². The maximum absolute atomic E-state index is 10.6. The second-order valence-corrected chi connectivity index (χ2v) is 3.05. The van der Waals surface area contributed by atoms with Gasteiger partial charge in [-0.1, -0.05) is 0 Å². The van der Waals surface area contributed by atoms with Gasteiger partial charge in [-0.05, 0) is 0 Å². The molecular weight excluding hydrogens is 198 g/mol. The second kappa shape index (κ2) is 3.13. The third-order valence-corrected chi connectivity index (χ3v) is 2.21. The van der Waals surface area contributed by atoms with Gasteiger partial charge >= 0.3 is 11.9 Å². The number of aliphatic carboxylic acids is 2. The minimum atomic E-state index is -1.92. The standard InChI is InChI=1S/C6H7NO7/c8-4(9)6(5(10)11)1-3(2-6)14-7(12)13/h3H,1-2H2,(H,8,9)(H,10,11). The smallest absolute Gasteiger partial charge is 0.321 e. The Bertz CT molecular complexity index is 277. The lowest BCUT2D eigenvalue weighted by Crippen LogP contribution is -2.53. The molecule has 0 atom stereocenters. The van der Waals surface area contributed by atoms with Gasteiger partial charge in [-0.25, -0.2) is 0 Å². The van der Waals surface area contributed by atoms with Crippen molar-refractivity contribution in [2.24, 2.45) is 5.41 Å². The van der Waals surface area contributed by atoms with Crippen molar-refractivity contribution >= 4 is 11.9 Å². The van der Waals surface area contributed by atoms with Gasteiger partial charge in [-0.3, -0.25) is 9.59 Å². The number of hydrogen-bond acceptors (Lipinski definition) is 5. The summed E-state index contributed by atoms with van der Waals surface area (Å²) in [5.41, 5.74) is -1.92. The molecule has 0 saturated heterocycles. The maximum Gasteiger partial charge on any atom is 0.321 e. The van der Waals surface area contributed by atoms with E-state index in [1.165, 1.54) is 0 Å². The molecule has 0 bridgehead atoms. The number of rotatable bonds is 4. The minimum Gasteiger partial charge on any atom is -0.480 e. The molecule has 1 aliphatic carbocycles. The SMILES string of the molecule is O=C(O)C1(C(=O)O)CC(O[N+](=O)[O-])C1. The average Bonchev–Trinajstić information content (AvgIpc) is 1.93. The summed E-state index contributed by atoms with van der Waals surface area (Å²) < 4.78 is 0. The van der Waals surface area contributed by atoms with Crippen molar-refractivity contribution in [1.82, 2.24) is 0 Å². The van der Waals surface area contributed by atoms with E-state index >= 15 is 0 Å². The number of nitrogens with zero attached hydrogens (tertiary/aromatic N) is 1. The summed E-state index contributed by atoms with van der Waals surface area (Å²) in [5.74, 6) is -2.98. The van der Waals surface area contributed by atoms with E-state index in [9.17, 15) is 19.7 Å². The van der Waals surface area contributed by atoms with Gasteiger partial charge in [0.15, 0.2) is 5.41 Å². The van der Waals surface area contributed by atoms with Crippen molar-refractivity contribution in [2.75, 3.05) is 0 Å². The molecule has 0 aromatic rings. The highest BCUT2D eigenvalue weighted by Gasteiger charge is 2.58. The lowest BCUT2D eigenvalue weighted by molar-refractivity contribution is -0.772. The summed E-state index contributed by atoms with van der Waals surface area (Å²) in [7, 11) is 0. The minimum absolute atomic E-state index is 0.376. The highest BCUT2D eigenvalue weighted by Crippen LogP contribution is 2.43. The Balaban J connectivity index is 2.61. The van der Waals surface area contributed by atoms with Crippen LogP contribution in [0, 0.1) is 15.5 Å². The molecule has 2 N–H and O–H groups in total. The van der Waals surface area contributed by atoms with E-state index in [-0.39, 0.29) is 12.8 Å². The summed E-state index contributed by atoms with van der Waals surface area (Å²) in [5, 5.41) is 26.0. The summed E-state index contributed by atoms with van der Waals surface area (Å²) in [6, 6.07) is 0. The number of carbonyl (C=O) groups is 2. The molecule has 1 rings (SSSR count). The van der Waals surface area contributed by atoms with E-state index < -0.39 is 28.5 Å². The van der Waals surface area contributed by atoms with Crippen LogP contribution in [0.25, 0.3) is 0 Å². The quantitative estimate of drug-likeness (QED) is 0.360. The third-order valence-electron chi connectivity index (χ3n) is 2.21. The van der Waals surface area contributed by atoms with Gasteiger partial charge in [0.25, 0.3) is 5.09 Å². The van der Waals surface area contributed by atoms with Crippen molar-refractivity contribution in [3.8, 4) is 0 Å². The first kappa shape index (κ1) is 10.2. The van der Waals surface area contributed by atoms with Crippen molar-refractivity contribution in [3.63, 3.8) is 0 Å². The Hall–Kier alpha value is -1.86. The van der Waals surface area contributed by atoms with E-state index in [1.807, 2.05) is 0 Å². The zero-order valence-corrected chi connectivity index (χ0v) is 6.87. The first-order valence-corrected chi connectivity index (χ1v) is 3.66. The fourth-order valence-electron chi connectivity index (χ4n) is 1.35. The van der Waals surface area contributed by atoms with Gasteiger partial charge in [0.1, 0.15) is 6.10 Å². The first-order chi connectivity index (χ1) is 6.38. The largest absolute Gasteiger partial charge is 0.480 e. The molecule has 0 spiro atoms. The summed E-state index contributed by atoms with van der Waals surface area (Å²) in [6.45, 7) is 0. The normalized spacial score (nSPS) is 19.4. The van der Waals surface area contributed by atoms with Gasteiger partial charge in [-0.15, -0.1) is 10.1 Å². The predicted octanol–water partition coefficient (Wildman–Crippen LogP) is -0.487. The molecule has 78 valence electrons. The first-order valence-electron chi connectivity index (χ1n) is 3.66. The van der Waals surface area contributed by atoms with Crippen LogP contribution in [0.3, 0.4) is 0 Å². The molecule has 1 aliphatic rings. The number of carboxylic acid groups (broad SMARTS) is 2. The maximum atomic E-state index is 10.6. The molecule has 0 aliphatic heterocycles. The van der Waals surface area contributed by atoms with Crippen LogP contribution < -0.4 is 0 Å². The van der Waals surface area contributed by atoms with Gasteiger partial charge < -0.3 is 15.1 Å². The molecule has 8 nitrogen and oxygen atoms in total. The van der Waals surface area contributed by atoms with E-state index in [0.717, 1.165) is 0 Å². The molecule has 1 saturated carbocycles. The highest BCUT2D eigenvalue weighted by molar-refractivity contribution is 5.99. The lowest BCUT2D eigenvalue weighted by Gasteiger charge is -2.38. The van der Waals surface area contributed by atoms with Gasteiger partial charge in [0.05, 0.1) is 0 Å². The number of carboxylic acids is 2. The molecule has 0 unspecified atom stereocenters. The lowest BCUT2D eigenvalue weighted by atomic mass is 9.67. The Morgan fingerprint density at radius 2 is 1.79 bits per heavy atom. The van der Waals surface area contributed by atoms with Crippen molar-refractivity contribution < 1.29 is 29.7 Å². The van der Waals surface area contributed by atoms with Crippen LogP contribution in [0.4, 0.5) is 0 Å². The van der Waals surface area contributed by atoms with Crippen LogP contribution in [0.1, 0.15) is 12.8 Å². The monoisotopic (exact) mass is 205 g/mol. The highest BCUT2D eigenvalue weighted by atomic mass is 17.0. The molecule has 0 aromatic carbocycles.